The fourth-order valence-corrected chi connectivity index (χ4v) is 2.10. The van der Waals surface area contributed by atoms with E-state index in [2.05, 4.69) is 11.8 Å². The largest absolute Gasteiger partial charge is 0.320 e. The molecule has 0 bridgehead atoms. The Morgan fingerprint density at radius 3 is 2.35 bits per heavy atom. The number of halogens is 1. The van der Waals surface area contributed by atoms with Gasteiger partial charge in [-0.05, 0) is 18.2 Å². The van der Waals surface area contributed by atoms with Gasteiger partial charge in [0.15, 0.2) is 0 Å². The number of imide groups is 1. The van der Waals surface area contributed by atoms with Crippen molar-refractivity contribution in [3.63, 3.8) is 0 Å². The summed E-state index contributed by atoms with van der Waals surface area (Å²) in [5.74, 6) is 3.06. The van der Waals surface area contributed by atoms with Crippen molar-refractivity contribution >= 4 is 17.5 Å². The number of carbonyl (C=O) groups is 2. The van der Waals surface area contributed by atoms with E-state index in [1.165, 1.54) is 12.1 Å². The molecule has 1 aliphatic rings. The van der Waals surface area contributed by atoms with E-state index in [0.717, 1.165) is 4.90 Å². The van der Waals surface area contributed by atoms with Crippen molar-refractivity contribution in [1.82, 2.24) is 0 Å². The van der Waals surface area contributed by atoms with Gasteiger partial charge in [-0.2, -0.15) is 0 Å². The van der Waals surface area contributed by atoms with Crippen LogP contribution < -0.4 is 10.6 Å². The standard InChI is InChI=1S/C15H15FN2O2/c1-9-10(2)15(20)18(14(9)19)13-6-5-11(4-3-7-17)8-12(13)16/h5-6,8-10H,7,17H2,1-2H3. The molecule has 0 aromatic heterocycles. The van der Waals surface area contributed by atoms with Gasteiger partial charge in [0.05, 0.1) is 12.2 Å². The Hall–Kier alpha value is -2.19. The average molecular weight is 274 g/mol. The number of anilines is 1. The van der Waals surface area contributed by atoms with Gasteiger partial charge in [0.1, 0.15) is 5.82 Å². The van der Waals surface area contributed by atoms with Gasteiger partial charge in [0.2, 0.25) is 11.8 Å². The molecule has 2 unspecified atom stereocenters. The van der Waals surface area contributed by atoms with Crippen LogP contribution in [0.3, 0.4) is 0 Å². The van der Waals surface area contributed by atoms with Gasteiger partial charge >= 0.3 is 0 Å². The zero-order valence-corrected chi connectivity index (χ0v) is 11.3. The first-order valence-corrected chi connectivity index (χ1v) is 6.33. The topological polar surface area (TPSA) is 63.4 Å². The first-order chi connectivity index (χ1) is 9.47. The molecule has 2 N–H and O–H groups in total. The van der Waals surface area contributed by atoms with Gasteiger partial charge < -0.3 is 5.73 Å². The van der Waals surface area contributed by atoms with Crippen molar-refractivity contribution in [2.75, 3.05) is 11.4 Å². The van der Waals surface area contributed by atoms with Crippen LogP contribution in [0.4, 0.5) is 10.1 Å². The summed E-state index contributed by atoms with van der Waals surface area (Å²) in [5.41, 5.74) is 5.68. The van der Waals surface area contributed by atoms with Crippen LogP contribution >= 0.6 is 0 Å². The van der Waals surface area contributed by atoms with E-state index >= 15 is 0 Å². The monoisotopic (exact) mass is 274 g/mol. The Bertz CT molecular complexity index is 610. The summed E-state index contributed by atoms with van der Waals surface area (Å²) in [5, 5.41) is 0. The minimum atomic E-state index is -0.642. The van der Waals surface area contributed by atoms with E-state index in [4.69, 9.17) is 5.73 Å². The molecule has 104 valence electrons. The van der Waals surface area contributed by atoms with Crippen molar-refractivity contribution in [2.24, 2.45) is 17.6 Å². The van der Waals surface area contributed by atoms with Gasteiger partial charge in [-0.3, -0.25) is 9.59 Å². The van der Waals surface area contributed by atoms with Crippen molar-refractivity contribution in [3.05, 3.63) is 29.6 Å². The third-order valence-electron chi connectivity index (χ3n) is 3.49. The maximum atomic E-state index is 14.1. The van der Waals surface area contributed by atoms with Gasteiger partial charge in [0, 0.05) is 17.4 Å². The van der Waals surface area contributed by atoms with Crippen LogP contribution in [0.1, 0.15) is 19.4 Å². The summed E-state index contributed by atoms with van der Waals surface area (Å²) in [6.45, 7) is 3.52. The third-order valence-corrected chi connectivity index (χ3v) is 3.49. The first kappa shape index (κ1) is 14.2. The molecule has 2 atom stereocenters. The molecule has 4 nitrogen and oxygen atoms in total. The van der Waals surface area contributed by atoms with Crippen LogP contribution in [0.15, 0.2) is 18.2 Å². The van der Waals surface area contributed by atoms with Crippen LogP contribution in [0.5, 0.6) is 0 Å². The highest BCUT2D eigenvalue weighted by Gasteiger charge is 2.43. The predicted octanol–water partition coefficient (Wildman–Crippen LogP) is 1.28. The number of carbonyl (C=O) groups excluding carboxylic acids is 2. The summed E-state index contributed by atoms with van der Waals surface area (Å²) < 4.78 is 14.1. The van der Waals surface area contributed by atoms with Gasteiger partial charge in [-0.15, -0.1) is 0 Å². The second kappa shape index (κ2) is 5.43. The number of nitrogens with two attached hydrogens (primary N) is 1. The lowest BCUT2D eigenvalue weighted by atomic mass is 10.00. The van der Waals surface area contributed by atoms with Crippen LogP contribution in [0.2, 0.25) is 0 Å². The minimum absolute atomic E-state index is 0.0190. The summed E-state index contributed by atoms with van der Waals surface area (Å²) in [7, 11) is 0. The van der Waals surface area contributed by atoms with E-state index in [9.17, 15) is 14.0 Å². The van der Waals surface area contributed by atoms with Crippen LogP contribution in [-0.2, 0) is 9.59 Å². The molecule has 1 saturated heterocycles. The Morgan fingerprint density at radius 1 is 1.25 bits per heavy atom. The maximum absolute atomic E-state index is 14.1. The second-order valence-electron chi connectivity index (χ2n) is 4.76. The number of rotatable bonds is 1. The van der Waals surface area contributed by atoms with Crippen LogP contribution in [0, 0.1) is 29.5 Å². The molecular weight excluding hydrogens is 259 g/mol. The van der Waals surface area contributed by atoms with E-state index < -0.39 is 17.7 Å². The highest BCUT2D eigenvalue weighted by atomic mass is 19.1. The third kappa shape index (κ3) is 2.30. The quantitative estimate of drug-likeness (QED) is 0.620. The molecule has 0 radical (unpaired) electrons. The maximum Gasteiger partial charge on any atom is 0.237 e. The normalized spacial score (nSPS) is 21.9. The summed E-state index contributed by atoms with van der Waals surface area (Å²) in [6.07, 6.45) is 0. The molecule has 1 fully saturated rings. The number of nitrogens with zero attached hydrogens (tertiary/aromatic N) is 1. The Labute approximate surface area is 116 Å². The molecule has 1 heterocycles. The smallest absolute Gasteiger partial charge is 0.237 e. The highest BCUT2D eigenvalue weighted by molar-refractivity contribution is 6.21. The first-order valence-electron chi connectivity index (χ1n) is 6.33. The van der Waals surface area contributed by atoms with Crippen molar-refractivity contribution in [2.45, 2.75) is 13.8 Å². The zero-order chi connectivity index (χ0) is 14.9. The van der Waals surface area contributed by atoms with E-state index in [1.54, 1.807) is 19.9 Å². The summed E-state index contributed by atoms with van der Waals surface area (Å²) in [6, 6.07) is 4.16. The number of benzene rings is 1. The van der Waals surface area contributed by atoms with Crippen molar-refractivity contribution in [1.29, 1.82) is 0 Å². The fraction of sp³-hybridized carbons (Fsp3) is 0.333. The molecule has 2 rings (SSSR count). The van der Waals surface area contributed by atoms with Gasteiger partial charge in [-0.1, -0.05) is 25.7 Å². The molecule has 1 aromatic rings. The molecule has 0 saturated carbocycles. The van der Waals surface area contributed by atoms with Gasteiger partial charge in [0.25, 0.3) is 0 Å². The number of hydrogen-bond acceptors (Lipinski definition) is 3. The van der Waals surface area contributed by atoms with E-state index in [-0.39, 0.29) is 24.0 Å². The van der Waals surface area contributed by atoms with E-state index in [1.807, 2.05) is 0 Å². The number of hydrogen-bond donors (Lipinski definition) is 1. The highest BCUT2D eigenvalue weighted by Crippen LogP contribution is 2.32. The fourth-order valence-electron chi connectivity index (χ4n) is 2.10. The number of amides is 2. The molecule has 5 heteroatoms. The van der Waals surface area contributed by atoms with Crippen LogP contribution in [0.25, 0.3) is 0 Å². The molecule has 1 aliphatic heterocycles. The van der Waals surface area contributed by atoms with Crippen molar-refractivity contribution < 1.29 is 14.0 Å². The molecule has 1 aromatic carbocycles. The zero-order valence-electron chi connectivity index (χ0n) is 11.3. The minimum Gasteiger partial charge on any atom is -0.320 e. The second-order valence-corrected chi connectivity index (χ2v) is 4.76. The Morgan fingerprint density at radius 2 is 1.85 bits per heavy atom. The van der Waals surface area contributed by atoms with Crippen LogP contribution in [-0.4, -0.2) is 18.4 Å². The molecule has 20 heavy (non-hydrogen) atoms. The van der Waals surface area contributed by atoms with E-state index in [0.29, 0.717) is 5.56 Å². The van der Waals surface area contributed by atoms with Crippen molar-refractivity contribution in [3.8, 4) is 11.8 Å². The lowest BCUT2D eigenvalue weighted by Crippen LogP contribution is -2.31. The summed E-state index contributed by atoms with van der Waals surface area (Å²) >= 11 is 0. The van der Waals surface area contributed by atoms with Gasteiger partial charge in [-0.25, -0.2) is 9.29 Å². The lowest BCUT2D eigenvalue weighted by molar-refractivity contribution is -0.122. The molecular formula is C15H15FN2O2. The SMILES string of the molecule is CC1C(=O)N(c2ccc(C#CCN)cc2F)C(=O)C1C. The Balaban J connectivity index is 2.39. The molecule has 0 aliphatic carbocycles. The summed E-state index contributed by atoms with van der Waals surface area (Å²) in [4.78, 5) is 25.0. The lowest BCUT2D eigenvalue weighted by Gasteiger charge is -2.15. The molecule has 0 spiro atoms. The Kier molecular flexibility index (Phi) is 3.86. The predicted molar refractivity (Wildman–Crippen MR) is 73.2 cm³/mol. The molecule has 2 amide bonds. The average Bonchev–Trinajstić information content (AvgIpc) is 2.62.